The molecule has 2 aromatic rings. The van der Waals surface area contributed by atoms with Gasteiger partial charge in [0.2, 0.25) is 0 Å². The topological polar surface area (TPSA) is 59.0 Å². The van der Waals surface area contributed by atoms with Crippen LogP contribution in [0.25, 0.3) is 0 Å². The van der Waals surface area contributed by atoms with E-state index in [-0.39, 0.29) is 23.2 Å². The molecule has 3 aliphatic rings. The Kier molecular flexibility index (Phi) is 9.11. The van der Waals surface area contributed by atoms with Gasteiger partial charge < -0.3 is 19.5 Å². The summed E-state index contributed by atoms with van der Waals surface area (Å²) in [5.74, 6) is 1.69. The van der Waals surface area contributed by atoms with Gasteiger partial charge in [0.25, 0.3) is 0 Å². The summed E-state index contributed by atoms with van der Waals surface area (Å²) in [4.78, 5) is 15.4. The number of rotatable bonds is 9. The van der Waals surface area contributed by atoms with Gasteiger partial charge in [-0.3, -0.25) is 0 Å². The Morgan fingerprint density at radius 2 is 2.08 bits per heavy atom. The normalized spacial score (nSPS) is 24.7. The van der Waals surface area contributed by atoms with Crippen LogP contribution in [0.1, 0.15) is 80.8 Å². The fourth-order valence-corrected chi connectivity index (χ4v) is 6.80. The Morgan fingerprint density at radius 3 is 2.83 bits per heavy atom. The van der Waals surface area contributed by atoms with Gasteiger partial charge in [-0.25, -0.2) is 4.79 Å². The predicted molar refractivity (Wildman–Crippen MR) is 161 cm³/mol. The number of aryl methyl sites for hydroxylation is 1. The first kappa shape index (κ1) is 29.0. The van der Waals surface area contributed by atoms with Crippen LogP contribution in [0, 0.1) is 23.2 Å². The quantitative estimate of drug-likeness (QED) is 0.250. The van der Waals surface area contributed by atoms with Crippen molar-refractivity contribution in [1.29, 1.82) is 0 Å². The Morgan fingerprint density at radius 1 is 1.23 bits per heavy atom. The number of carbonyl (C=O) groups is 1. The molecular weight excluding hydrogens is 522 g/mol. The molecule has 5 rings (SSSR count). The lowest BCUT2D eigenvalue weighted by Gasteiger charge is -2.43. The minimum absolute atomic E-state index is 0.123. The van der Waals surface area contributed by atoms with Crippen LogP contribution in [0.4, 0.5) is 5.69 Å². The maximum absolute atomic E-state index is 13.0. The number of aliphatic hydroxyl groups excluding tert-OH is 1. The van der Waals surface area contributed by atoms with Crippen molar-refractivity contribution in [2.75, 3.05) is 24.6 Å². The van der Waals surface area contributed by atoms with Gasteiger partial charge in [0.1, 0.15) is 12.4 Å². The molecule has 0 radical (unpaired) electrons. The van der Waals surface area contributed by atoms with Crippen LogP contribution in [0.15, 0.2) is 48.6 Å². The summed E-state index contributed by atoms with van der Waals surface area (Å²) >= 11 is 6.33. The highest BCUT2D eigenvalue weighted by Crippen LogP contribution is 2.72. The zero-order valence-electron chi connectivity index (χ0n) is 24.2. The number of hydrogen-bond acceptors (Lipinski definition) is 5. The minimum Gasteiger partial charge on any atom is -0.487 e. The van der Waals surface area contributed by atoms with Gasteiger partial charge >= 0.3 is 5.97 Å². The Hall–Kier alpha value is -2.50. The van der Waals surface area contributed by atoms with Crippen LogP contribution < -0.4 is 9.64 Å². The molecule has 1 heterocycles. The Balaban J connectivity index is 1.43. The molecule has 0 saturated heterocycles. The zero-order valence-corrected chi connectivity index (χ0v) is 25.0. The van der Waals surface area contributed by atoms with Gasteiger partial charge in [-0.15, -0.1) is 0 Å². The predicted octanol–water partition coefficient (Wildman–Crippen LogP) is 7.62. The molecule has 1 aliphatic heterocycles. The van der Waals surface area contributed by atoms with Crippen LogP contribution in [-0.4, -0.2) is 36.9 Å². The fraction of sp³-hybridized carbons (Fsp3) is 0.559. The lowest BCUT2D eigenvalue weighted by Crippen LogP contribution is -2.45. The van der Waals surface area contributed by atoms with Crippen LogP contribution in [0.2, 0.25) is 5.02 Å². The van der Waals surface area contributed by atoms with Crippen molar-refractivity contribution in [1.82, 2.24) is 0 Å². The fourth-order valence-electron chi connectivity index (χ4n) is 6.60. The molecule has 0 amide bonds. The standard InChI is InChI=1S/C34H44ClNO4/c1-4-5-6-10-31(37)29-18-27-19-34(27,29)22-36-15-8-7-9-24-16-28(35)13-11-26(24)21-39-32-14-12-25(17-30(32)36)33(38)40-20-23(2)3/h6,10-14,16-17,23,27,29,31,37H,4-5,7-9,15,18-22H2,1-3H3/b10-6+/t27?,29-,31?,34?/m0/s1. The summed E-state index contributed by atoms with van der Waals surface area (Å²) in [6.07, 6.45) is 11.1. The Labute approximate surface area is 244 Å². The summed E-state index contributed by atoms with van der Waals surface area (Å²) in [7, 11) is 0. The number of aliphatic hydroxyl groups is 1. The highest BCUT2D eigenvalue weighted by Gasteiger charge is 2.69. The molecular formula is C34H44ClNO4. The van der Waals surface area contributed by atoms with Crippen LogP contribution in [0.3, 0.4) is 0 Å². The second kappa shape index (κ2) is 12.6. The number of unbranched alkanes of at least 4 members (excludes halogenated alkanes) is 1. The first-order chi connectivity index (χ1) is 19.3. The van der Waals surface area contributed by atoms with Crippen molar-refractivity contribution in [2.45, 2.75) is 78.4 Å². The van der Waals surface area contributed by atoms with Crippen molar-refractivity contribution < 1.29 is 19.4 Å². The van der Waals surface area contributed by atoms with E-state index in [1.54, 1.807) is 0 Å². The molecule has 2 fully saturated rings. The third-order valence-electron chi connectivity index (χ3n) is 9.00. The number of fused-ring (bicyclic) bond motifs is 3. The molecule has 2 aliphatic carbocycles. The monoisotopic (exact) mass is 565 g/mol. The second-order valence-electron chi connectivity index (χ2n) is 12.4. The number of nitrogens with zero attached hydrogens (tertiary/aromatic N) is 1. The van der Waals surface area contributed by atoms with Crippen molar-refractivity contribution in [3.63, 3.8) is 0 Å². The van der Waals surface area contributed by atoms with Crippen LogP contribution in [0.5, 0.6) is 5.75 Å². The minimum atomic E-state index is -0.401. The number of anilines is 1. The molecule has 5 nitrogen and oxygen atoms in total. The zero-order chi connectivity index (χ0) is 28.3. The molecule has 0 bridgehead atoms. The van der Waals surface area contributed by atoms with Gasteiger partial charge in [0.05, 0.1) is 24.0 Å². The number of allylic oxidation sites excluding steroid dienone is 1. The molecule has 216 valence electrons. The third kappa shape index (κ3) is 6.36. The average molecular weight is 566 g/mol. The lowest BCUT2D eigenvalue weighted by molar-refractivity contribution is 0.0357. The summed E-state index contributed by atoms with van der Waals surface area (Å²) in [6.45, 7) is 8.80. The first-order valence-electron chi connectivity index (χ1n) is 15.1. The van der Waals surface area contributed by atoms with E-state index < -0.39 is 6.10 Å². The highest BCUT2D eigenvalue weighted by atomic mass is 35.5. The van der Waals surface area contributed by atoms with Crippen molar-refractivity contribution >= 4 is 23.3 Å². The van der Waals surface area contributed by atoms with E-state index in [9.17, 15) is 9.90 Å². The van der Waals surface area contributed by atoms with E-state index in [0.29, 0.717) is 24.7 Å². The van der Waals surface area contributed by atoms with E-state index in [2.05, 4.69) is 30.0 Å². The maximum Gasteiger partial charge on any atom is 0.338 e. The summed E-state index contributed by atoms with van der Waals surface area (Å²) in [5.41, 5.74) is 3.99. The molecule has 4 atom stereocenters. The summed E-state index contributed by atoms with van der Waals surface area (Å²) < 4.78 is 12.1. The summed E-state index contributed by atoms with van der Waals surface area (Å²) in [6, 6.07) is 11.7. The van der Waals surface area contributed by atoms with E-state index in [1.165, 1.54) is 5.56 Å². The number of ether oxygens (including phenoxy) is 2. The molecule has 1 N–H and O–H groups in total. The van der Waals surface area contributed by atoms with Crippen molar-refractivity contribution in [2.24, 2.45) is 23.2 Å². The lowest BCUT2D eigenvalue weighted by atomic mass is 9.69. The van der Waals surface area contributed by atoms with Crippen LogP contribution in [-0.2, 0) is 17.8 Å². The third-order valence-corrected chi connectivity index (χ3v) is 9.24. The SMILES string of the molecule is CCC/C=C/C(O)[C@@H]1CC2CC21CN1CCCCc2cc(Cl)ccc2COc2ccc(C(=O)OCC(C)C)cc21. The van der Waals surface area contributed by atoms with E-state index in [0.717, 1.165) is 80.1 Å². The second-order valence-corrected chi connectivity index (χ2v) is 12.9. The van der Waals surface area contributed by atoms with Crippen molar-refractivity contribution in [3.05, 3.63) is 70.3 Å². The average Bonchev–Trinajstić information content (AvgIpc) is 3.50. The summed E-state index contributed by atoms with van der Waals surface area (Å²) in [5, 5.41) is 11.8. The molecule has 2 saturated carbocycles. The van der Waals surface area contributed by atoms with E-state index >= 15 is 0 Å². The van der Waals surface area contributed by atoms with Crippen LogP contribution >= 0.6 is 11.6 Å². The molecule has 40 heavy (non-hydrogen) atoms. The largest absolute Gasteiger partial charge is 0.487 e. The molecule has 6 heteroatoms. The smallest absolute Gasteiger partial charge is 0.338 e. The maximum atomic E-state index is 13.0. The molecule has 0 spiro atoms. The Bertz CT molecular complexity index is 1230. The molecule has 2 aromatic carbocycles. The van der Waals surface area contributed by atoms with Gasteiger partial charge in [-0.05, 0) is 103 Å². The molecule has 3 unspecified atom stereocenters. The number of benzene rings is 2. The van der Waals surface area contributed by atoms with Gasteiger partial charge in [-0.1, -0.05) is 57.0 Å². The van der Waals surface area contributed by atoms with E-state index in [4.69, 9.17) is 21.1 Å². The van der Waals surface area contributed by atoms with E-state index in [1.807, 2.05) is 44.2 Å². The number of halogens is 1. The number of esters is 1. The number of carbonyl (C=O) groups excluding carboxylic acids is 1. The highest BCUT2D eigenvalue weighted by molar-refractivity contribution is 6.30. The van der Waals surface area contributed by atoms with Gasteiger partial charge in [0.15, 0.2) is 0 Å². The first-order valence-corrected chi connectivity index (χ1v) is 15.5. The molecule has 0 aromatic heterocycles. The van der Waals surface area contributed by atoms with Gasteiger partial charge in [0, 0.05) is 18.1 Å². The van der Waals surface area contributed by atoms with Gasteiger partial charge in [-0.2, -0.15) is 0 Å². The van der Waals surface area contributed by atoms with Crippen molar-refractivity contribution in [3.8, 4) is 5.75 Å². The number of hydrogen-bond donors (Lipinski definition) is 1.